The van der Waals surface area contributed by atoms with Crippen LogP contribution >= 0.6 is 0 Å². The zero-order valence-corrected chi connectivity index (χ0v) is 17.5. The van der Waals surface area contributed by atoms with Gasteiger partial charge in [0.2, 0.25) is 10.0 Å². The number of hydrogen-bond acceptors (Lipinski definition) is 4. The minimum Gasteiger partial charge on any atom is -0.355 e. The summed E-state index contributed by atoms with van der Waals surface area (Å²) in [6.45, 7) is 8.53. The van der Waals surface area contributed by atoms with Crippen LogP contribution in [-0.4, -0.2) is 76.2 Å². The van der Waals surface area contributed by atoms with Crippen LogP contribution < -0.4 is 10.0 Å². The number of hydrogen-bond donors (Lipinski definition) is 2. The molecule has 1 unspecified atom stereocenters. The van der Waals surface area contributed by atoms with Gasteiger partial charge in [-0.3, -0.25) is 9.89 Å². The zero-order chi connectivity index (χ0) is 19.7. The Balaban J connectivity index is 1.82. The lowest BCUT2D eigenvalue weighted by Crippen LogP contribution is -2.53. The number of guanidine groups is 1. The monoisotopic (exact) mass is 395 g/mol. The van der Waals surface area contributed by atoms with E-state index in [0.29, 0.717) is 19.1 Å². The summed E-state index contributed by atoms with van der Waals surface area (Å²) in [5.41, 5.74) is 1.37. The highest BCUT2D eigenvalue weighted by atomic mass is 32.2. The molecule has 1 fully saturated rings. The van der Waals surface area contributed by atoms with Crippen molar-refractivity contribution in [3.05, 3.63) is 35.9 Å². The molecule has 1 saturated heterocycles. The van der Waals surface area contributed by atoms with Gasteiger partial charge in [0.25, 0.3) is 0 Å². The summed E-state index contributed by atoms with van der Waals surface area (Å²) in [5, 5.41) is 3.26. The summed E-state index contributed by atoms with van der Waals surface area (Å²) >= 11 is 0. The van der Waals surface area contributed by atoms with Crippen molar-refractivity contribution in [3.63, 3.8) is 0 Å². The summed E-state index contributed by atoms with van der Waals surface area (Å²) in [7, 11) is -1.38. The third-order valence-corrected chi connectivity index (χ3v) is 6.35. The maximum absolute atomic E-state index is 11.5. The van der Waals surface area contributed by atoms with E-state index in [2.05, 4.69) is 62.1 Å². The molecular formula is C19H33N5O2S. The minimum atomic E-state index is -3.15. The van der Waals surface area contributed by atoms with Gasteiger partial charge in [-0.15, -0.1) is 0 Å². The lowest BCUT2D eigenvalue weighted by atomic mass is 10.0. The van der Waals surface area contributed by atoms with Gasteiger partial charge in [-0.05, 0) is 18.9 Å². The van der Waals surface area contributed by atoms with E-state index < -0.39 is 10.0 Å². The van der Waals surface area contributed by atoms with E-state index in [1.54, 1.807) is 14.0 Å². The Labute approximate surface area is 163 Å². The zero-order valence-electron chi connectivity index (χ0n) is 16.7. The van der Waals surface area contributed by atoms with Gasteiger partial charge in [-0.25, -0.2) is 13.1 Å². The normalized spacial score (nSPS) is 17.7. The van der Waals surface area contributed by atoms with Crippen LogP contribution in [-0.2, 0) is 10.0 Å². The predicted molar refractivity (Wildman–Crippen MR) is 111 cm³/mol. The van der Waals surface area contributed by atoms with Gasteiger partial charge in [-0.1, -0.05) is 37.3 Å². The Bertz CT molecular complexity index is 685. The fourth-order valence-corrected chi connectivity index (χ4v) is 4.06. The van der Waals surface area contributed by atoms with Crippen LogP contribution in [0.25, 0.3) is 0 Å². The number of benzene rings is 1. The molecule has 1 aromatic rings. The Kier molecular flexibility index (Phi) is 8.53. The van der Waals surface area contributed by atoms with Crippen molar-refractivity contribution in [1.82, 2.24) is 19.8 Å². The summed E-state index contributed by atoms with van der Waals surface area (Å²) in [4.78, 5) is 9.12. The average Bonchev–Trinajstić information content (AvgIpc) is 2.70. The van der Waals surface area contributed by atoms with E-state index >= 15 is 0 Å². The van der Waals surface area contributed by atoms with E-state index in [9.17, 15) is 8.42 Å². The molecule has 2 N–H and O–H groups in total. The van der Waals surface area contributed by atoms with Gasteiger partial charge in [0, 0.05) is 52.4 Å². The molecule has 1 aromatic carbocycles. The highest BCUT2D eigenvalue weighted by Crippen LogP contribution is 2.25. The topological polar surface area (TPSA) is 77.0 Å². The van der Waals surface area contributed by atoms with E-state index in [-0.39, 0.29) is 5.75 Å². The van der Waals surface area contributed by atoms with Gasteiger partial charge in [0.15, 0.2) is 5.96 Å². The van der Waals surface area contributed by atoms with E-state index in [1.807, 2.05) is 0 Å². The highest BCUT2D eigenvalue weighted by Gasteiger charge is 2.25. The third-order valence-electron chi connectivity index (χ3n) is 4.95. The second-order valence-electron chi connectivity index (χ2n) is 6.63. The number of nitrogens with zero attached hydrogens (tertiary/aromatic N) is 3. The van der Waals surface area contributed by atoms with Gasteiger partial charge in [0.05, 0.1) is 5.75 Å². The Hall–Kier alpha value is -1.64. The van der Waals surface area contributed by atoms with E-state index in [1.165, 1.54) is 5.56 Å². The van der Waals surface area contributed by atoms with Crippen LogP contribution in [0.4, 0.5) is 0 Å². The number of rotatable bonds is 8. The molecule has 1 aliphatic rings. The van der Waals surface area contributed by atoms with Crippen molar-refractivity contribution in [1.29, 1.82) is 0 Å². The second-order valence-corrected chi connectivity index (χ2v) is 8.73. The van der Waals surface area contributed by atoms with Crippen molar-refractivity contribution >= 4 is 16.0 Å². The lowest BCUT2D eigenvalue weighted by molar-refractivity contribution is 0.127. The van der Waals surface area contributed by atoms with Crippen molar-refractivity contribution in [2.75, 3.05) is 52.1 Å². The first-order valence-corrected chi connectivity index (χ1v) is 11.4. The number of sulfonamides is 1. The van der Waals surface area contributed by atoms with Gasteiger partial charge in [0.1, 0.15) is 0 Å². The van der Waals surface area contributed by atoms with Crippen LogP contribution in [0, 0.1) is 0 Å². The molecule has 0 spiro atoms. The maximum Gasteiger partial charge on any atom is 0.211 e. The summed E-state index contributed by atoms with van der Waals surface area (Å²) in [6.07, 6.45) is 1.09. The molecule has 27 heavy (non-hydrogen) atoms. The Morgan fingerprint density at radius 3 is 2.33 bits per heavy atom. The first-order valence-electron chi connectivity index (χ1n) is 9.72. The molecule has 1 aliphatic heterocycles. The number of piperazine rings is 1. The molecule has 7 nitrogen and oxygen atoms in total. The fourth-order valence-electron chi connectivity index (χ4n) is 3.44. The quantitative estimate of drug-likeness (QED) is 0.394. The summed E-state index contributed by atoms with van der Waals surface area (Å²) in [5.74, 6) is 0.932. The van der Waals surface area contributed by atoms with Crippen LogP contribution in [0.3, 0.4) is 0 Å². The molecule has 8 heteroatoms. The maximum atomic E-state index is 11.5. The molecule has 1 heterocycles. The van der Waals surface area contributed by atoms with Crippen molar-refractivity contribution in [2.45, 2.75) is 26.3 Å². The SMILES string of the molecule is CCC(c1ccccc1)N1CCN(C(=NC)NCCNS(=O)(=O)CC)CC1. The van der Waals surface area contributed by atoms with Gasteiger partial charge >= 0.3 is 0 Å². The van der Waals surface area contributed by atoms with E-state index in [0.717, 1.165) is 38.6 Å². The van der Waals surface area contributed by atoms with Gasteiger partial charge < -0.3 is 10.2 Å². The molecule has 0 aliphatic carbocycles. The highest BCUT2D eigenvalue weighted by molar-refractivity contribution is 7.89. The smallest absolute Gasteiger partial charge is 0.211 e. The average molecular weight is 396 g/mol. The third kappa shape index (κ3) is 6.48. The molecule has 2 rings (SSSR count). The molecular weight excluding hydrogens is 362 g/mol. The minimum absolute atomic E-state index is 0.101. The van der Waals surface area contributed by atoms with Crippen LogP contribution in [0.15, 0.2) is 35.3 Å². The lowest BCUT2D eigenvalue weighted by Gasteiger charge is -2.40. The van der Waals surface area contributed by atoms with E-state index in [4.69, 9.17) is 0 Å². The van der Waals surface area contributed by atoms with Crippen molar-refractivity contribution in [2.24, 2.45) is 4.99 Å². The predicted octanol–water partition coefficient (Wildman–Crippen LogP) is 1.27. The van der Waals surface area contributed by atoms with Crippen molar-refractivity contribution in [3.8, 4) is 0 Å². The molecule has 0 radical (unpaired) electrons. The fraction of sp³-hybridized carbons (Fsp3) is 0.632. The van der Waals surface area contributed by atoms with Crippen molar-refractivity contribution < 1.29 is 8.42 Å². The summed E-state index contributed by atoms with van der Waals surface area (Å²) < 4.78 is 25.5. The molecule has 0 bridgehead atoms. The molecule has 152 valence electrons. The standard InChI is InChI=1S/C19H33N5O2S/c1-4-18(17-9-7-6-8-10-17)23-13-15-24(16-14-23)19(20-3)21-11-12-22-27(25,26)5-2/h6-10,18,22H,4-5,11-16H2,1-3H3,(H,20,21). The number of nitrogens with one attached hydrogen (secondary N) is 2. The first kappa shape index (κ1) is 21.7. The second kappa shape index (κ2) is 10.6. The first-order chi connectivity index (χ1) is 13.0. The van der Waals surface area contributed by atoms with Gasteiger partial charge in [-0.2, -0.15) is 0 Å². The molecule has 0 saturated carbocycles. The van der Waals surface area contributed by atoms with Crippen LogP contribution in [0.2, 0.25) is 0 Å². The summed E-state index contributed by atoms with van der Waals surface area (Å²) in [6, 6.07) is 11.1. The van der Waals surface area contributed by atoms with Crippen LogP contribution in [0.1, 0.15) is 31.9 Å². The largest absolute Gasteiger partial charge is 0.355 e. The van der Waals surface area contributed by atoms with Crippen LogP contribution in [0.5, 0.6) is 0 Å². The molecule has 0 amide bonds. The Morgan fingerprint density at radius 1 is 1.11 bits per heavy atom. The Morgan fingerprint density at radius 2 is 1.78 bits per heavy atom. The molecule has 0 aromatic heterocycles. The number of aliphatic imine (C=N–C) groups is 1. The molecule has 1 atom stereocenters.